The Morgan fingerprint density at radius 2 is 2.25 bits per heavy atom. The molecule has 1 unspecified atom stereocenters. The first-order valence-corrected chi connectivity index (χ1v) is 4.45. The lowest BCUT2D eigenvalue weighted by atomic mass is 10.4. The summed E-state index contributed by atoms with van der Waals surface area (Å²) >= 11 is 0. The minimum atomic E-state index is -0.216. The average molecular weight is 176 g/mol. The van der Waals surface area contributed by atoms with Gasteiger partial charge in [-0.3, -0.25) is 5.32 Å². The molecule has 0 aromatic rings. The summed E-state index contributed by atoms with van der Waals surface area (Å²) in [7, 11) is 1.77. The van der Waals surface area contributed by atoms with Crippen LogP contribution in [-0.2, 0) is 4.74 Å². The molecule has 0 rings (SSSR count). The number of hydrogen-bond acceptors (Lipinski definition) is 4. The van der Waals surface area contributed by atoms with Crippen LogP contribution in [0.25, 0.3) is 0 Å². The number of likely N-dealkylation sites (N-methyl/N-ethyl adjacent to an activating group) is 1. The van der Waals surface area contributed by atoms with Gasteiger partial charge in [0.05, 0.1) is 6.61 Å². The molecule has 12 heavy (non-hydrogen) atoms. The summed E-state index contributed by atoms with van der Waals surface area (Å²) in [6.45, 7) is 4.75. The number of aliphatic hydroxyl groups is 1. The largest absolute Gasteiger partial charge is 0.392 e. The van der Waals surface area contributed by atoms with Gasteiger partial charge in [0.15, 0.2) is 0 Å². The fourth-order valence-electron chi connectivity index (χ4n) is 0.827. The first-order chi connectivity index (χ1) is 5.85. The van der Waals surface area contributed by atoms with Gasteiger partial charge in [-0.15, -0.1) is 0 Å². The minimum Gasteiger partial charge on any atom is -0.392 e. The van der Waals surface area contributed by atoms with E-state index in [9.17, 15) is 0 Å². The van der Waals surface area contributed by atoms with Crippen LogP contribution < -0.4 is 10.6 Å². The van der Waals surface area contributed by atoms with Crippen molar-refractivity contribution in [2.45, 2.75) is 19.6 Å². The molecule has 0 amide bonds. The third kappa shape index (κ3) is 6.54. The highest BCUT2D eigenvalue weighted by Gasteiger charge is 2.01. The van der Waals surface area contributed by atoms with Gasteiger partial charge in [-0.25, -0.2) is 0 Å². The Labute approximate surface area is 74.3 Å². The van der Waals surface area contributed by atoms with E-state index in [0.717, 1.165) is 19.5 Å². The second kappa shape index (κ2) is 8.93. The van der Waals surface area contributed by atoms with Crippen molar-refractivity contribution in [3.63, 3.8) is 0 Å². The van der Waals surface area contributed by atoms with E-state index in [1.54, 1.807) is 7.05 Å². The van der Waals surface area contributed by atoms with Crippen molar-refractivity contribution in [3.8, 4) is 0 Å². The molecule has 74 valence electrons. The monoisotopic (exact) mass is 176 g/mol. The predicted molar refractivity (Wildman–Crippen MR) is 49.0 cm³/mol. The standard InChI is InChI=1S/C8H20N2O2/c1-3-10-5-4-6-12-8(7-11)9-2/h8-11H,3-7H2,1-2H3. The second-order valence-electron chi connectivity index (χ2n) is 2.54. The summed E-state index contributed by atoms with van der Waals surface area (Å²) in [5.41, 5.74) is 0. The molecule has 0 spiro atoms. The number of rotatable bonds is 8. The summed E-state index contributed by atoms with van der Waals surface area (Å²) < 4.78 is 5.29. The summed E-state index contributed by atoms with van der Waals surface area (Å²) in [6.07, 6.45) is 0.762. The first kappa shape index (κ1) is 11.8. The minimum absolute atomic E-state index is 0.0255. The summed E-state index contributed by atoms with van der Waals surface area (Å²) in [5, 5.41) is 14.8. The van der Waals surface area contributed by atoms with Gasteiger partial charge in [0.25, 0.3) is 0 Å². The van der Waals surface area contributed by atoms with E-state index in [0.29, 0.717) is 6.61 Å². The van der Waals surface area contributed by atoms with Crippen LogP contribution in [0.4, 0.5) is 0 Å². The Bertz CT molecular complexity index is 87.1. The van der Waals surface area contributed by atoms with E-state index in [4.69, 9.17) is 9.84 Å². The highest BCUT2D eigenvalue weighted by molar-refractivity contribution is 4.49. The van der Waals surface area contributed by atoms with Gasteiger partial charge in [0.2, 0.25) is 0 Å². The zero-order valence-electron chi connectivity index (χ0n) is 7.97. The summed E-state index contributed by atoms with van der Waals surface area (Å²) in [6, 6.07) is 0. The molecule has 4 nitrogen and oxygen atoms in total. The van der Waals surface area contributed by atoms with Gasteiger partial charge in [0, 0.05) is 6.61 Å². The highest BCUT2D eigenvalue weighted by atomic mass is 16.5. The molecule has 0 saturated heterocycles. The normalized spacial score (nSPS) is 13.2. The molecule has 0 aromatic carbocycles. The number of aliphatic hydroxyl groups excluding tert-OH is 1. The topological polar surface area (TPSA) is 53.5 Å². The van der Waals surface area contributed by atoms with Gasteiger partial charge in [-0.05, 0) is 26.6 Å². The predicted octanol–water partition coefficient (Wildman–Crippen LogP) is -0.460. The quantitative estimate of drug-likeness (QED) is 0.346. The van der Waals surface area contributed by atoms with Crippen molar-refractivity contribution in [1.82, 2.24) is 10.6 Å². The Morgan fingerprint density at radius 3 is 2.75 bits per heavy atom. The van der Waals surface area contributed by atoms with Crippen molar-refractivity contribution in [2.75, 3.05) is 33.4 Å². The lowest BCUT2D eigenvalue weighted by Gasteiger charge is -2.13. The Hall–Kier alpha value is -0.160. The fraction of sp³-hybridized carbons (Fsp3) is 1.00. The molecule has 1 atom stereocenters. The van der Waals surface area contributed by atoms with E-state index >= 15 is 0 Å². The molecule has 3 N–H and O–H groups in total. The maximum atomic E-state index is 8.73. The highest BCUT2D eigenvalue weighted by Crippen LogP contribution is 1.87. The smallest absolute Gasteiger partial charge is 0.131 e. The van der Waals surface area contributed by atoms with Crippen LogP contribution in [0.2, 0.25) is 0 Å². The fourth-order valence-corrected chi connectivity index (χ4v) is 0.827. The third-order valence-corrected chi connectivity index (χ3v) is 1.55. The van der Waals surface area contributed by atoms with E-state index < -0.39 is 0 Å². The molecule has 0 aliphatic carbocycles. The van der Waals surface area contributed by atoms with Gasteiger partial charge in [0.1, 0.15) is 6.23 Å². The van der Waals surface area contributed by atoms with E-state index in [-0.39, 0.29) is 12.8 Å². The van der Waals surface area contributed by atoms with Crippen LogP contribution in [0.5, 0.6) is 0 Å². The van der Waals surface area contributed by atoms with E-state index in [1.165, 1.54) is 0 Å². The lowest BCUT2D eigenvalue weighted by molar-refractivity contribution is -0.00402. The second-order valence-corrected chi connectivity index (χ2v) is 2.54. The van der Waals surface area contributed by atoms with Gasteiger partial charge in [-0.2, -0.15) is 0 Å². The average Bonchev–Trinajstić information content (AvgIpc) is 2.11. The van der Waals surface area contributed by atoms with Crippen LogP contribution >= 0.6 is 0 Å². The number of nitrogens with one attached hydrogen (secondary N) is 2. The Balaban J connectivity index is 3.06. The first-order valence-electron chi connectivity index (χ1n) is 4.45. The number of ether oxygens (including phenoxy) is 1. The molecule has 0 aliphatic heterocycles. The van der Waals surface area contributed by atoms with Crippen LogP contribution in [0, 0.1) is 0 Å². The van der Waals surface area contributed by atoms with Crippen LogP contribution in [0.15, 0.2) is 0 Å². The summed E-state index contributed by atoms with van der Waals surface area (Å²) in [4.78, 5) is 0. The third-order valence-electron chi connectivity index (χ3n) is 1.55. The SMILES string of the molecule is CCNCCCOC(CO)NC. The van der Waals surface area contributed by atoms with Crippen LogP contribution in [-0.4, -0.2) is 44.7 Å². The van der Waals surface area contributed by atoms with Crippen molar-refractivity contribution in [2.24, 2.45) is 0 Å². The molecule has 0 bridgehead atoms. The van der Waals surface area contributed by atoms with Crippen molar-refractivity contribution in [3.05, 3.63) is 0 Å². The lowest BCUT2D eigenvalue weighted by Crippen LogP contribution is -2.32. The zero-order chi connectivity index (χ0) is 9.23. The molecule has 0 aromatic heterocycles. The molecule has 0 heterocycles. The van der Waals surface area contributed by atoms with Crippen molar-refractivity contribution < 1.29 is 9.84 Å². The molecule has 0 aliphatic rings. The van der Waals surface area contributed by atoms with Crippen molar-refractivity contribution in [1.29, 1.82) is 0 Å². The van der Waals surface area contributed by atoms with Crippen LogP contribution in [0.3, 0.4) is 0 Å². The van der Waals surface area contributed by atoms with Crippen LogP contribution in [0.1, 0.15) is 13.3 Å². The molecular formula is C8H20N2O2. The Kier molecular flexibility index (Phi) is 8.81. The molecular weight excluding hydrogens is 156 g/mol. The van der Waals surface area contributed by atoms with Crippen molar-refractivity contribution >= 4 is 0 Å². The van der Waals surface area contributed by atoms with Gasteiger partial charge < -0.3 is 15.2 Å². The molecule has 0 radical (unpaired) electrons. The van der Waals surface area contributed by atoms with E-state index in [2.05, 4.69) is 17.6 Å². The molecule has 0 saturated carbocycles. The molecule has 4 heteroatoms. The molecule has 0 fully saturated rings. The zero-order valence-corrected chi connectivity index (χ0v) is 7.97. The Morgan fingerprint density at radius 1 is 1.50 bits per heavy atom. The maximum absolute atomic E-state index is 8.73. The summed E-state index contributed by atoms with van der Waals surface area (Å²) in [5.74, 6) is 0. The van der Waals surface area contributed by atoms with E-state index in [1.807, 2.05) is 0 Å². The van der Waals surface area contributed by atoms with Gasteiger partial charge in [-0.1, -0.05) is 6.92 Å². The van der Waals surface area contributed by atoms with Gasteiger partial charge >= 0.3 is 0 Å². The number of hydrogen-bond donors (Lipinski definition) is 3. The maximum Gasteiger partial charge on any atom is 0.131 e.